The van der Waals surface area contributed by atoms with Crippen molar-refractivity contribution in [2.45, 2.75) is 13.0 Å². The van der Waals surface area contributed by atoms with Crippen LogP contribution in [-0.2, 0) is 20.9 Å². The summed E-state index contributed by atoms with van der Waals surface area (Å²) in [5.41, 5.74) is 0.0213. The Morgan fingerprint density at radius 2 is 2.14 bits per heavy atom. The van der Waals surface area contributed by atoms with Gasteiger partial charge in [-0.3, -0.25) is 4.79 Å². The number of carbonyl (C=O) groups excluding carboxylic acids is 1. The molecule has 2 unspecified atom stereocenters. The lowest BCUT2D eigenvalue weighted by molar-refractivity contribution is -0.157. The van der Waals surface area contributed by atoms with Crippen LogP contribution in [0.4, 0.5) is 4.79 Å². The van der Waals surface area contributed by atoms with Crippen molar-refractivity contribution in [2.24, 2.45) is 11.3 Å². The molecule has 2 saturated heterocycles. The average molecular weight is 305 g/mol. The number of nitrogens with zero attached hydrogens (tertiary/aromatic N) is 1. The van der Waals surface area contributed by atoms with Crippen molar-refractivity contribution < 1.29 is 24.2 Å². The van der Waals surface area contributed by atoms with Crippen LogP contribution in [0.5, 0.6) is 0 Å². The molecule has 6 nitrogen and oxygen atoms in total. The Morgan fingerprint density at radius 1 is 1.36 bits per heavy atom. The predicted octanol–water partition coefficient (Wildman–Crippen LogP) is 1.75. The van der Waals surface area contributed by atoms with Crippen molar-refractivity contribution in [3.63, 3.8) is 0 Å². The highest BCUT2D eigenvalue weighted by Gasteiger charge is 2.55. The zero-order chi connectivity index (χ0) is 15.6. The highest BCUT2D eigenvalue weighted by molar-refractivity contribution is 5.78. The first-order valence-corrected chi connectivity index (χ1v) is 7.38. The summed E-state index contributed by atoms with van der Waals surface area (Å²) in [7, 11) is 0. The van der Waals surface area contributed by atoms with Gasteiger partial charge in [-0.1, -0.05) is 30.3 Å². The van der Waals surface area contributed by atoms with E-state index in [-0.39, 0.29) is 19.1 Å². The lowest BCUT2D eigenvalue weighted by Gasteiger charge is -2.33. The summed E-state index contributed by atoms with van der Waals surface area (Å²) in [4.78, 5) is 25.4. The number of ether oxygens (including phenoxy) is 2. The molecule has 6 heteroatoms. The van der Waals surface area contributed by atoms with E-state index in [9.17, 15) is 14.7 Å². The summed E-state index contributed by atoms with van der Waals surface area (Å²) in [6.45, 7) is 1.58. The molecule has 0 radical (unpaired) electrons. The van der Waals surface area contributed by atoms with E-state index in [1.54, 1.807) is 0 Å². The van der Waals surface area contributed by atoms with Gasteiger partial charge in [0.1, 0.15) is 6.61 Å². The van der Waals surface area contributed by atoms with Crippen molar-refractivity contribution in [1.82, 2.24) is 4.90 Å². The minimum atomic E-state index is -0.885. The van der Waals surface area contributed by atoms with E-state index in [4.69, 9.17) is 9.47 Å². The van der Waals surface area contributed by atoms with Gasteiger partial charge in [-0.2, -0.15) is 0 Å². The van der Waals surface area contributed by atoms with Crippen LogP contribution in [0, 0.1) is 11.3 Å². The quantitative estimate of drug-likeness (QED) is 0.920. The maximum Gasteiger partial charge on any atom is 0.410 e. The molecule has 0 aliphatic carbocycles. The van der Waals surface area contributed by atoms with Crippen LogP contribution < -0.4 is 0 Å². The van der Waals surface area contributed by atoms with Crippen LogP contribution in [0.25, 0.3) is 0 Å². The van der Waals surface area contributed by atoms with Crippen molar-refractivity contribution in [1.29, 1.82) is 0 Å². The van der Waals surface area contributed by atoms with Gasteiger partial charge >= 0.3 is 12.1 Å². The zero-order valence-corrected chi connectivity index (χ0v) is 12.2. The topological polar surface area (TPSA) is 76.1 Å². The number of carbonyl (C=O) groups is 2. The Bertz CT molecular complexity index is 561. The van der Waals surface area contributed by atoms with E-state index in [1.807, 2.05) is 30.3 Å². The van der Waals surface area contributed by atoms with Gasteiger partial charge in [0.05, 0.1) is 12.0 Å². The number of aliphatic carboxylic acids is 1. The van der Waals surface area contributed by atoms with Gasteiger partial charge in [-0.15, -0.1) is 0 Å². The van der Waals surface area contributed by atoms with Crippen LogP contribution in [0.3, 0.4) is 0 Å². The summed E-state index contributed by atoms with van der Waals surface area (Å²) in [5.74, 6) is -1.01. The Balaban J connectivity index is 1.63. The van der Waals surface area contributed by atoms with E-state index in [1.165, 1.54) is 4.90 Å². The van der Waals surface area contributed by atoms with Crippen molar-refractivity contribution >= 4 is 12.1 Å². The van der Waals surface area contributed by atoms with Crippen LogP contribution >= 0.6 is 0 Å². The first kappa shape index (κ1) is 14.8. The normalized spacial score (nSPS) is 27.3. The number of amides is 1. The van der Waals surface area contributed by atoms with Gasteiger partial charge in [-0.25, -0.2) is 4.79 Å². The van der Waals surface area contributed by atoms with Gasteiger partial charge in [0.15, 0.2) is 0 Å². The average Bonchev–Trinajstić information content (AvgIpc) is 2.95. The van der Waals surface area contributed by atoms with Crippen molar-refractivity contribution in [2.75, 3.05) is 26.3 Å². The first-order chi connectivity index (χ1) is 10.6. The molecule has 0 aromatic heterocycles. The standard InChI is InChI=1S/C16H19NO5/c18-14(19)16-6-7-21-10-13(16)8-17(11-16)15(20)22-9-12-4-2-1-3-5-12/h1-5,13H,6-11H2,(H,18,19). The molecule has 0 spiro atoms. The fraction of sp³-hybridized carbons (Fsp3) is 0.500. The fourth-order valence-corrected chi connectivity index (χ4v) is 3.25. The van der Waals surface area contributed by atoms with E-state index in [0.717, 1.165) is 5.56 Å². The van der Waals surface area contributed by atoms with Gasteiger partial charge in [-0.05, 0) is 12.0 Å². The molecular formula is C16H19NO5. The molecule has 1 amide bonds. The second kappa shape index (κ2) is 5.96. The van der Waals surface area contributed by atoms with Gasteiger partial charge in [0, 0.05) is 25.6 Å². The van der Waals surface area contributed by atoms with Crippen LogP contribution in [0.1, 0.15) is 12.0 Å². The number of carboxylic acid groups (broad SMARTS) is 1. The molecule has 1 aromatic carbocycles. The molecule has 1 N–H and O–H groups in total. The molecule has 118 valence electrons. The van der Waals surface area contributed by atoms with E-state index < -0.39 is 17.5 Å². The largest absolute Gasteiger partial charge is 0.481 e. The second-order valence-electron chi connectivity index (χ2n) is 5.90. The highest BCUT2D eigenvalue weighted by Crippen LogP contribution is 2.42. The SMILES string of the molecule is O=C(OCc1ccccc1)N1CC2COCCC2(C(=O)O)C1. The lowest BCUT2D eigenvalue weighted by Crippen LogP contribution is -2.45. The number of hydrogen-bond donors (Lipinski definition) is 1. The summed E-state index contributed by atoms with van der Waals surface area (Å²) >= 11 is 0. The predicted molar refractivity (Wildman–Crippen MR) is 77.2 cm³/mol. The van der Waals surface area contributed by atoms with E-state index in [2.05, 4.69) is 0 Å². The van der Waals surface area contributed by atoms with Crippen molar-refractivity contribution in [3.8, 4) is 0 Å². The van der Waals surface area contributed by atoms with Crippen LogP contribution in [0.2, 0.25) is 0 Å². The molecule has 2 fully saturated rings. The first-order valence-electron chi connectivity index (χ1n) is 7.38. The number of likely N-dealkylation sites (tertiary alicyclic amines) is 1. The number of rotatable bonds is 3. The minimum absolute atomic E-state index is 0.164. The number of fused-ring (bicyclic) bond motifs is 1. The van der Waals surface area contributed by atoms with Gasteiger partial charge < -0.3 is 19.5 Å². The van der Waals surface area contributed by atoms with E-state index >= 15 is 0 Å². The Hall–Kier alpha value is -2.08. The third-order valence-corrected chi connectivity index (χ3v) is 4.60. The van der Waals surface area contributed by atoms with Crippen LogP contribution in [0.15, 0.2) is 30.3 Å². The summed E-state index contributed by atoms with van der Waals surface area (Å²) in [5, 5.41) is 9.57. The molecular weight excluding hydrogens is 286 g/mol. The molecule has 2 aliphatic rings. The fourth-order valence-electron chi connectivity index (χ4n) is 3.25. The Morgan fingerprint density at radius 3 is 2.82 bits per heavy atom. The smallest absolute Gasteiger partial charge is 0.410 e. The van der Waals surface area contributed by atoms with Gasteiger partial charge in [0.25, 0.3) is 0 Å². The Kier molecular flexibility index (Phi) is 4.02. The molecule has 2 aliphatic heterocycles. The van der Waals surface area contributed by atoms with Gasteiger partial charge in [0.2, 0.25) is 0 Å². The zero-order valence-electron chi connectivity index (χ0n) is 12.2. The molecule has 0 saturated carbocycles. The van der Waals surface area contributed by atoms with Crippen LogP contribution in [-0.4, -0.2) is 48.4 Å². The minimum Gasteiger partial charge on any atom is -0.481 e. The maximum atomic E-state index is 12.2. The lowest BCUT2D eigenvalue weighted by atomic mass is 9.74. The Labute approximate surface area is 128 Å². The summed E-state index contributed by atoms with van der Waals surface area (Å²) in [6.07, 6.45) is -0.0194. The highest BCUT2D eigenvalue weighted by atomic mass is 16.6. The number of carboxylic acids is 1. The molecule has 2 atom stereocenters. The molecule has 2 heterocycles. The molecule has 22 heavy (non-hydrogen) atoms. The monoisotopic (exact) mass is 305 g/mol. The summed E-state index contributed by atoms with van der Waals surface area (Å²) < 4.78 is 10.7. The third kappa shape index (κ3) is 2.66. The second-order valence-corrected chi connectivity index (χ2v) is 5.90. The molecule has 3 rings (SSSR count). The number of benzene rings is 1. The number of hydrogen-bond acceptors (Lipinski definition) is 4. The van der Waals surface area contributed by atoms with Crippen molar-refractivity contribution in [3.05, 3.63) is 35.9 Å². The third-order valence-electron chi connectivity index (χ3n) is 4.60. The molecule has 1 aromatic rings. The van der Waals surface area contributed by atoms with E-state index in [0.29, 0.717) is 26.2 Å². The maximum absolute atomic E-state index is 12.2. The summed E-state index contributed by atoms with van der Waals surface area (Å²) in [6, 6.07) is 9.41. The molecule has 0 bridgehead atoms.